The molecule has 0 aromatic heterocycles. The van der Waals surface area contributed by atoms with E-state index in [1.807, 2.05) is 0 Å². The van der Waals surface area contributed by atoms with Gasteiger partial charge in [-0.05, 0) is 6.42 Å². The molecule has 1 aliphatic rings. The summed E-state index contributed by atoms with van der Waals surface area (Å²) < 4.78 is 0. The number of rotatable bonds is 3. The quantitative estimate of drug-likeness (QED) is 0.542. The molecule has 4 nitrogen and oxygen atoms in total. The van der Waals surface area contributed by atoms with Crippen molar-refractivity contribution in [2.24, 2.45) is 4.99 Å². The molecule has 1 heterocycles. The first-order valence-corrected chi connectivity index (χ1v) is 4.92. The van der Waals surface area contributed by atoms with Crippen molar-refractivity contribution in [2.75, 3.05) is 13.1 Å². The second-order valence-corrected chi connectivity index (χ2v) is 3.38. The highest BCUT2D eigenvalue weighted by Crippen LogP contribution is 1.97. The minimum absolute atomic E-state index is 0.265. The molecule has 3 N–H and O–H groups in total. The van der Waals surface area contributed by atoms with Crippen LogP contribution in [0.15, 0.2) is 4.99 Å². The molecule has 1 rings (SSSR count). The van der Waals surface area contributed by atoms with Crippen molar-refractivity contribution in [3.8, 4) is 12.3 Å². The van der Waals surface area contributed by atoms with Crippen molar-refractivity contribution in [1.82, 2.24) is 10.6 Å². The molecule has 14 heavy (non-hydrogen) atoms. The van der Waals surface area contributed by atoms with Crippen LogP contribution in [0.5, 0.6) is 0 Å². The van der Waals surface area contributed by atoms with Crippen LogP contribution in [0.1, 0.15) is 19.8 Å². The highest BCUT2D eigenvalue weighted by molar-refractivity contribution is 5.80. The van der Waals surface area contributed by atoms with E-state index in [1.165, 1.54) is 0 Å². The van der Waals surface area contributed by atoms with Gasteiger partial charge in [0.1, 0.15) is 0 Å². The van der Waals surface area contributed by atoms with Gasteiger partial charge in [-0.2, -0.15) is 0 Å². The zero-order valence-electron chi connectivity index (χ0n) is 8.45. The first kappa shape index (κ1) is 10.9. The number of hydrogen-bond acceptors (Lipinski definition) is 4. The number of aliphatic hydroxyl groups is 1. The van der Waals surface area contributed by atoms with E-state index >= 15 is 0 Å². The second-order valence-electron chi connectivity index (χ2n) is 3.38. The predicted octanol–water partition coefficient (Wildman–Crippen LogP) is -0.302. The zero-order chi connectivity index (χ0) is 10.4. The summed E-state index contributed by atoms with van der Waals surface area (Å²) in [4.78, 5) is 4.16. The van der Waals surface area contributed by atoms with Gasteiger partial charge in [0.2, 0.25) is 0 Å². The maximum atomic E-state index is 9.19. The minimum atomic E-state index is -0.367. The summed E-state index contributed by atoms with van der Waals surface area (Å²) in [5.41, 5.74) is 0. The third-order valence-electron chi connectivity index (χ3n) is 2.16. The topological polar surface area (TPSA) is 56.7 Å². The number of nitrogens with zero attached hydrogens (tertiary/aromatic N) is 1. The molecule has 2 unspecified atom stereocenters. The highest BCUT2D eigenvalue weighted by Gasteiger charge is 2.13. The Kier molecular flexibility index (Phi) is 4.27. The van der Waals surface area contributed by atoms with Crippen LogP contribution in [0.3, 0.4) is 0 Å². The summed E-state index contributed by atoms with van der Waals surface area (Å²) in [6.45, 7) is 3.09. The van der Waals surface area contributed by atoms with Gasteiger partial charge in [0, 0.05) is 19.0 Å². The molecule has 0 amide bonds. The Morgan fingerprint density at radius 3 is 3.14 bits per heavy atom. The standard InChI is InChI=1S/C10H17N3O/c1-3-5-8(4-2)13-10-11-6-9(14)7-12-10/h1,8-9,14H,4-7H2,2H3,(H2,11,12,13). The average Bonchev–Trinajstić information content (AvgIpc) is 2.20. The van der Waals surface area contributed by atoms with E-state index in [2.05, 4.69) is 28.5 Å². The fourth-order valence-electron chi connectivity index (χ4n) is 1.26. The molecule has 0 aromatic carbocycles. The molecule has 0 saturated carbocycles. The molecule has 4 heteroatoms. The largest absolute Gasteiger partial charge is 0.389 e. The number of nitrogens with one attached hydrogen (secondary N) is 2. The van der Waals surface area contributed by atoms with Gasteiger partial charge in [-0.3, -0.25) is 4.99 Å². The molecule has 0 saturated heterocycles. The van der Waals surface area contributed by atoms with E-state index in [-0.39, 0.29) is 12.1 Å². The zero-order valence-corrected chi connectivity index (χ0v) is 8.45. The van der Waals surface area contributed by atoms with Gasteiger partial charge < -0.3 is 15.7 Å². The van der Waals surface area contributed by atoms with E-state index in [0.29, 0.717) is 19.5 Å². The Morgan fingerprint density at radius 1 is 1.86 bits per heavy atom. The highest BCUT2D eigenvalue weighted by atomic mass is 16.3. The predicted molar refractivity (Wildman–Crippen MR) is 57.0 cm³/mol. The molecule has 0 spiro atoms. The molecule has 0 radical (unpaired) electrons. The third-order valence-corrected chi connectivity index (χ3v) is 2.16. The van der Waals surface area contributed by atoms with Gasteiger partial charge in [0.05, 0.1) is 12.6 Å². The molecule has 0 fully saturated rings. The van der Waals surface area contributed by atoms with E-state index in [9.17, 15) is 5.11 Å². The fraction of sp³-hybridized carbons (Fsp3) is 0.700. The van der Waals surface area contributed by atoms with Gasteiger partial charge in [-0.25, -0.2) is 0 Å². The molecular weight excluding hydrogens is 178 g/mol. The van der Waals surface area contributed by atoms with Crippen LogP contribution in [0.2, 0.25) is 0 Å². The van der Waals surface area contributed by atoms with Crippen molar-refractivity contribution in [3.05, 3.63) is 0 Å². The Morgan fingerprint density at radius 2 is 2.64 bits per heavy atom. The number of aliphatic imine (C=N–C) groups is 1. The summed E-state index contributed by atoms with van der Waals surface area (Å²) in [6.07, 6.45) is 6.53. The molecule has 2 atom stereocenters. The number of terminal acetylenes is 1. The van der Waals surface area contributed by atoms with Gasteiger partial charge >= 0.3 is 0 Å². The average molecular weight is 195 g/mol. The van der Waals surface area contributed by atoms with Gasteiger partial charge in [0.25, 0.3) is 0 Å². The smallest absolute Gasteiger partial charge is 0.191 e. The summed E-state index contributed by atoms with van der Waals surface area (Å²) in [7, 11) is 0. The number of guanidine groups is 1. The van der Waals surface area contributed by atoms with Crippen molar-refractivity contribution >= 4 is 5.96 Å². The Hall–Kier alpha value is -1.21. The monoisotopic (exact) mass is 195 g/mol. The lowest BCUT2D eigenvalue weighted by molar-refractivity contribution is 0.180. The lowest BCUT2D eigenvalue weighted by Crippen LogP contribution is -2.49. The normalized spacial score (nSPS) is 22.9. The first-order chi connectivity index (χ1) is 6.76. The van der Waals surface area contributed by atoms with E-state index in [1.54, 1.807) is 0 Å². The summed E-state index contributed by atoms with van der Waals surface area (Å²) in [5, 5.41) is 15.4. The number of hydrogen-bond donors (Lipinski definition) is 3. The summed E-state index contributed by atoms with van der Waals surface area (Å²) in [5.74, 6) is 3.37. The van der Waals surface area contributed by atoms with Crippen molar-refractivity contribution in [3.63, 3.8) is 0 Å². The Labute approximate surface area is 84.8 Å². The number of aliphatic hydroxyl groups excluding tert-OH is 1. The summed E-state index contributed by atoms with van der Waals surface area (Å²) in [6, 6.07) is 0.265. The number of β-amino-alcohol motifs (C(OH)–C–C–N with tert-alkyl or cyclic N) is 1. The van der Waals surface area contributed by atoms with Gasteiger partial charge in [0.15, 0.2) is 5.96 Å². The third kappa shape index (κ3) is 3.27. The van der Waals surface area contributed by atoms with Crippen molar-refractivity contribution < 1.29 is 5.11 Å². The lowest BCUT2D eigenvalue weighted by atomic mass is 10.1. The Balaban J connectivity index is 2.39. The van der Waals surface area contributed by atoms with Crippen LogP contribution >= 0.6 is 0 Å². The van der Waals surface area contributed by atoms with Crippen LogP contribution in [0.25, 0.3) is 0 Å². The van der Waals surface area contributed by atoms with Crippen LogP contribution in [0, 0.1) is 12.3 Å². The maximum absolute atomic E-state index is 9.19. The molecule has 78 valence electrons. The second kappa shape index (κ2) is 5.51. The molecule has 0 aromatic rings. The summed E-state index contributed by atoms with van der Waals surface area (Å²) >= 11 is 0. The van der Waals surface area contributed by atoms with E-state index in [0.717, 1.165) is 12.4 Å². The van der Waals surface area contributed by atoms with Crippen LogP contribution in [-0.2, 0) is 0 Å². The lowest BCUT2D eigenvalue weighted by Gasteiger charge is -2.23. The SMILES string of the molecule is C#CCC(CC)NC1=NCC(O)CN1. The van der Waals surface area contributed by atoms with Crippen molar-refractivity contribution in [2.45, 2.75) is 31.9 Å². The van der Waals surface area contributed by atoms with Crippen LogP contribution in [-0.4, -0.2) is 36.3 Å². The maximum Gasteiger partial charge on any atom is 0.191 e. The fourth-order valence-corrected chi connectivity index (χ4v) is 1.26. The van der Waals surface area contributed by atoms with Gasteiger partial charge in [-0.15, -0.1) is 12.3 Å². The first-order valence-electron chi connectivity index (χ1n) is 4.92. The molecule has 1 aliphatic heterocycles. The molecule has 0 bridgehead atoms. The minimum Gasteiger partial charge on any atom is -0.389 e. The van der Waals surface area contributed by atoms with Crippen molar-refractivity contribution in [1.29, 1.82) is 0 Å². The molecular formula is C10H17N3O. The Bertz CT molecular complexity index is 244. The van der Waals surface area contributed by atoms with E-state index in [4.69, 9.17) is 6.42 Å². The van der Waals surface area contributed by atoms with Gasteiger partial charge in [-0.1, -0.05) is 6.92 Å². The van der Waals surface area contributed by atoms with E-state index < -0.39 is 0 Å². The van der Waals surface area contributed by atoms with Crippen LogP contribution < -0.4 is 10.6 Å². The molecule has 0 aliphatic carbocycles. The van der Waals surface area contributed by atoms with Crippen LogP contribution in [0.4, 0.5) is 0 Å².